The Labute approximate surface area is 159 Å². The maximum Gasteiger partial charge on any atom is 0.203 e. The van der Waals surface area contributed by atoms with E-state index in [1.807, 2.05) is 24.3 Å². The van der Waals surface area contributed by atoms with Gasteiger partial charge in [-0.15, -0.1) is 0 Å². The average Bonchev–Trinajstić information content (AvgIpc) is 2.71. The highest BCUT2D eigenvalue weighted by Gasteiger charge is 2.26. The molecule has 0 radical (unpaired) electrons. The Morgan fingerprint density at radius 3 is 2.00 bits per heavy atom. The molecule has 0 amide bonds. The van der Waals surface area contributed by atoms with Gasteiger partial charge >= 0.3 is 0 Å². The van der Waals surface area contributed by atoms with Crippen molar-refractivity contribution in [3.63, 3.8) is 0 Å². The zero-order valence-electron chi connectivity index (χ0n) is 16.5. The van der Waals surface area contributed by atoms with Crippen molar-refractivity contribution in [3.8, 4) is 34.5 Å². The molecule has 27 heavy (non-hydrogen) atoms. The summed E-state index contributed by atoms with van der Waals surface area (Å²) in [6.45, 7) is 0.604. The summed E-state index contributed by atoms with van der Waals surface area (Å²) >= 11 is 0. The van der Waals surface area contributed by atoms with E-state index in [0.717, 1.165) is 29.7 Å². The Morgan fingerprint density at radius 2 is 1.44 bits per heavy atom. The summed E-state index contributed by atoms with van der Waals surface area (Å²) in [5.74, 6) is 4.37. The van der Waals surface area contributed by atoms with Gasteiger partial charge in [0.15, 0.2) is 23.0 Å². The molecule has 3 rings (SSSR count). The van der Waals surface area contributed by atoms with Crippen LogP contribution in [0.5, 0.6) is 34.5 Å². The maximum atomic E-state index is 6.04. The topological polar surface area (TPSA) is 55.4 Å². The van der Waals surface area contributed by atoms with Crippen molar-refractivity contribution in [2.75, 3.05) is 42.2 Å². The van der Waals surface area contributed by atoms with Crippen LogP contribution >= 0.6 is 0 Å². The Balaban J connectivity index is 1.83. The van der Waals surface area contributed by atoms with Crippen LogP contribution in [0.3, 0.4) is 0 Å². The normalized spacial score (nSPS) is 15.4. The number of hydrogen-bond acceptors (Lipinski definition) is 6. The summed E-state index contributed by atoms with van der Waals surface area (Å²) in [6.07, 6.45) is 1.73. The predicted molar refractivity (Wildman–Crippen MR) is 102 cm³/mol. The fraction of sp³-hybridized carbons (Fsp3) is 0.429. The second kappa shape index (κ2) is 8.29. The smallest absolute Gasteiger partial charge is 0.203 e. The van der Waals surface area contributed by atoms with Crippen molar-refractivity contribution in [1.29, 1.82) is 0 Å². The van der Waals surface area contributed by atoms with E-state index in [0.29, 0.717) is 41.3 Å². The first-order valence-corrected chi connectivity index (χ1v) is 8.80. The highest BCUT2D eigenvalue weighted by Crippen LogP contribution is 2.44. The standard InChI is InChI=1S/C21H26O6/c1-22-16-7-6-15-9-14(12-27-19(15)21(16)26-5)8-13-10-17(23-2)20(25-4)18(11-13)24-3/h6-7,10-11,14H,8-9,12H2,1-5H3. The molecule has 2 aromatic rings. The lowest BCUT2D eigenvalue weighted by molar-refractivity contribution is 0.208. The van der Waals surface area contributed by atoms with Gasteiger partial charge in [-0.25, -0.2) is 0 Å². The lowest BCUT2D eigenvalue weighted by atomic mass is 9.90. The van der Waals surface area contributed by atoms with E-state index in [9.17, 15) is 0 Å². The van der Waals surface area contributed by atoms with Crippen molar-refractivity contribution in [2.24, 2.45) is 5.92 Å². The fourth-order valence-electron chi connectivity index (χ4n) is 3.55. The molecule has 0 saturated carbocycles. The molecule has 1 aliphatic heterocycles. The summed E-state index contributed by atoms with van der Waals surface area (Å²) in [5.41, 5.74) is 2.23. The number of rotatable bonds is 7. The molecule has 0 bridgehead atoms. The third-order valence-electron chi connectivity index (χ3n) is 4.80. The average molecular weight is 374 g/mol. The van der Waals surface area contributed by atoms with Crippen molar-refractivity contribution in [1.82, 2.24) is 0 Å². The lowest BCUT2D eigenvalue weighted by Gasteiger charge is -2.27. The summed E-state index contributed by atoms with van der Waals surface area (Å²) in [6, 6.07) is 7.94. The Hall–Kier alpha value is -2.76. The van der Waals surface area contributed by atoms with E-state index in [1.54, 1.807) is 35.5 Å². The van der Waals surface area contributed by atoms with Gasteiger partial charge in [-0.2, -0.15) is 0 Å². The first-order valence-electron chi connectivity index (χ1n) is 8.80. The van der Waals surface area contributed by atoms with Gasteiger partial charge in [0, 0.05) is 5.92 Å². The molecular formula is C21H26O6. The van der Waals surface area contributed by atoms with E-state index in [4.69, 9.17) is 28.4 Å². The molecule has 1 aliphatic rings. The van der Waals surface area contributed by atoms with Gasteiger partial charge < -0.3 is 28.4 Å². The Bertz CT molecular complexity index is 776. The summed E-state index contributed by atoms with van der Waals surface area (Å²) < 4.78 is 33.2. The summed E-state index contributed by atoms with van der Waals surface area (Å²) in [7, 11) is 8.11. The van der Waals surface area contributed by atoms with Crippen LogP contribution in [0.4, 0.5) is 0 Å². The quantitative estimate of drug-likeness (QED) is 0.739. The Morgan fingerprint density at radius 1 is 0.815 bits per heavy atom. The van der Waals surface area contributed by atoms with E-state index in [1.165, 1.54) is 0 Å². The molecule has 1 heterocycles. The van der Waals surface area contributed by atoms with Gasteiger partial charge in [0.2, 0.25) is 11.5 Å². The van der Waals surface area contributed by atoms with Gasteiger partial charge in [-0.1, -0.05) is 6.07 Å². The second-order valence-electron chi connectivity index (χ2n) is 6.41. The van der Waals surface area contributed by atoms with Crippen molar-refractivity contribution in [2.45, 2.75) is 12.8 Å². The monoisotopic (exact) mass is 374 g/mol. The van der Waals surface area contributed by atoms with Crippen LogP contribution in [-0.2, 0) is 12.8 Å². The number of hydrogen-bond donors (Lipinski definition) is 0. The van der Waals surface area contributed by atoms with E-state index < -0.39 is 0 Å². The van der Waals surface area contributed by atoms with E-state index in [-0.39, 0.29) is 0 Å². The summed E-state index contributed by atoms with van der Waals surface area (Å²) in [4.78, 5) is 0. The molecule has 0 aromatic heterocycles. The SMILES string of the molecule is COc1cc(CC2COc3c(ccc(OC)c3OC)C2)cc(OC)c1OC. The van der Waals surface area contributed by atoms with Gasteiger partial charge in [-0.3, -0.25) is 0 Å². The first-order chi connectivity index (χ1) is 13.1. The lowest BCUT2D eigenvalue weighted by Crippen LogP contribution is -2.23. The second-order valence-corrected chi connectivity index (χ2v) is 6.41. The van der Waals surface area contributed by atoms with Crippen LogP contribution in [0.15, 0.2) is 24.3 Å². The zero-order chi connectivity index (χ0) is 19.4. The minimum atomic E-state index is 0.332. The third-order valence-corrected chi connectivity index (χ3v) is 4.80. The van der Waals surface area contributed by atoms with Crippen LogP contribution in [0.25, 0.3) is 0 Å². The molecule has 0 spiro atoms. The highest BCUT2D eigenvalue weighted by atomic mass is 16.5. The molecule has 0 fully saturated rings. The molecule has 0 saturated heterocycles. The van der Waals surface area contributed by atoms with Crippen molar-refractivity contribution >= 4 is 0 Å². The maximum absolute atomic E-state index is 6.04. The van der Waals surface area contributed by atoms with Gasteiger partial charge in [0.05, 0.1) is 42.2 Å². The fourth-order valence-corrected chi connectivity index (χ4v) is 3.55. The van der Waals surface area contributed by atoms with Crippen molar-refractivity contribution in [3.05, 3.63) is 35.4 Å². The van der Waals surface area contributed by atoms with Crippen LogP contribution in [0.2, 0.25) is 0 Å². The minimum Gasteiger partial charge on any atom is -0.493 e. The zero-order valence-corrected chi connectivity index (χ0v) is 16.5. The first kappa shape index (κ1) is 19.0. The van der Waals surface area contributed by atoms with E-state index >= 15 is 0 Å². The molecule has 1 atom stereocenters. The number of benzene rings is 2. The predicted octanol–water partition coefficient (Wildman–Crippen LogP) is 3.52. The number of fused-ring (bicyclic) bond motifs is 1. The third kappa shape index (κ3) is 3.70. The number of methoxy groups -OCH3 is 5. The largest absolute Gasteiger partial charge is 0.493 e. The van der Waals surface area contributed by atoms with Crippen LogP contribution in [-0.4, -0.2) is 42.2 Å². The Kier molecular flexibility index (Phi) is 5.84. The van der Waals surface area contributed by atoms with Crippen LogP contribution in [0.1, 0.15) is 11.1 Å². The molecule has 6 nitrogen and oxygen atoms in total. The van der Waals surface area contributed by atoms with Crippen molar-refractivity contribution < 1.29 is 28.4 Å². The van der Waals surface area contributed by atoms with Crippen LogP contribution in [0, 0.1) is 5.92 Å². The summed E-state index contributed by atoms with van der Waals surface area (Å²) in [5, 5.41) is 0. The minimum absolute atomic E-state index is 0.332. The molecule has 1 unspecified atom stereocenters. The highest BCUT2D eigenvalue weighted by molar-refractivity contribution is 5.57. The molecule has 0 N–H and O–H groups in total. The number of ether oxygens (including phenoxy) is 6. The van der Waals surface area contributed by atoms with Gasteiger partial charge in [0.1, 0.15) is 0 Å². The molecule has 2 aromatic carbocycles. The van der Waals surface area contributed by atoms with Gasteiger partial charge in [-0.05, 0) is 42.2 Å². The molecular weight excluding hydrogens is 348 g/mol. The van der Waals surface area contributed by atoms with Crippen LogP contribution < -0.4 is 28.4 Å². The van der Waals surface area contributed by atoms with E-state index in [2.05, 4.69) is 0 Å². The molecule has 146 valence electrons. The molecule has 0 aliphatic carbocycles. The van der Waals surface area contributed by atoms with Gasteiger partial charge in [0.25, 0.3) is 0 Å². The molecule has 6 heteroatoms.